The van der Waals surface area contributed by atoms with Crippen molar-refractivity contribution in [2.24, 2.45) is 0 Å². The quantitative estimate of drug-likeness (QED) is 0.484. The van der Waals surface area contributed by atoms with Crippen LogP contribution in [0.4, 0.5) is 29.1 Å². The summed E-state index contributed by atoms with van der Waals surface area (Å²) in [6.45, 7) is 6.57. The highest BCUT2D eigenvalue weighted by atomic mass is 19.4. The van der Waals surface area contributed by atoms with Gasteiger partial charge in [-0.1, -0.05) is 18.2 Å². The zero-order valence-corrected chi connectivity index (χ0v) is 19.3. The third kappa shape index (κ3) is 6.31. The van der Waals surface area contributed by atoms with E-state index in [0.29, 0.717) is 31.7 Å². The summed E-state index contributed by atoms with van der Waals surface area (Å²) in [5.41, 5.74) is -2.38. The van der Waals surface area contributed by atoms with E-state index >= 15 is 4.39 Å². The van der Waals surface area contributed by atoms with E-state index in [-0.39, 0.29) is 18.7 Å². The van der Waals surface area contributed by atoms with Crippen LogP contribution in [0.25, 0.3) is 0 Å². The summed E-state index contributed by atoms with van der Waals surface area (Å²) in [6.07, 6.45) is -4.10. The van der Waals surface area contributed by atoms with Crippen LogP contribution in [0.15, 0.2) is 42.5 Å². The Morgan fingerprint density at radius 1 is 1.15 bits per heavy atom. The predicted octanol–water partition coefficient (Wildman–Crippen LogP) is 4.61. The number of piperidine rings is 1. The highest BCUT2D eigenvalue weighted by Crippen LogP contribution is 2.32. The molecule has 2 heterocycles. The number of pyridine rings is 1. The predicted molar refractivity (Wildman–Crippen MR) is 120 cm³/mol. The molecule has 34 heavy (non-hydrogen) atoms. The molecule has 6 nitrogen and oxygen atoms in total. The van der Waals surface area contributed by atoms with Gasteiger partial charge in [-0.05, 0) is 50.6 Å². The number of amides is 2. The van der Waals surface area contributed by atoms with Crippen molar-refractivity contribution in [1.29, 1.82) is 0 Å². The molecule has 0 saturated carbocycles. The van der Waals surface area contributed by atoms with Crippen molar-refractivity contribution in [3.8, 4) is 0 Å². The molecule has 0 radical (unpaired) electrons. The highest BCUT2D eigenvalue weighted by Gasteiger charge is 2.42. The molecule has 1 fully saturated rings. The Morgan fingerprint density at radius 3 is 2.38 bits per heavy atom. The van der Waals surface area contributed by atoms with Crippen LogP contribution in [0.2, 0.25) is 0 Å². The van der Waals surface area contributed by atoms with Crippen LogP contribution in [-0.4, -0.2) is 46.5 Å². The van der Waals surface area contributed by atoms with Crippen LogP contribution >= 0.6 is 0 Å². The topological polar surface area (TPSA) is 65.5 Å². The molecule has 1 aliphatic rings. The van der Waals surface area contributed by atoms with Gasteiger partial charge in [0.25, 0.3) is 5.91 Å². The molecular formula is C24H28F4N4O2. The molecule has 1 aromatic heterocycles. The van der Waals surface area contributed by atoms with Gasteiger partial charge in [-0.2, -0.15) is 13.2 Å². The number of hydrogen-bond acceptors (Lipinski definition) is 4. The normalized spacial score (nSPS) is 16.7. The van der Waals surface area contributed by atoms with Crippen molar-refractivity contribution in [3.05, 3.63) is 53.7 Å². The first-order valence-corrected chi connectivity index (χ1v) is 10.9. The van der Waals surface area contributed by atoms with E-state index < -0.39 is 29.0 Å². The summed E-state index contributed by atoms with van der Waals surface area (Å²) in [7, 11) is 0. The first-order valence-electron chi connectivity index (χ1n) is 10.9. The molecule has 1 aromatic carbocycles. The van der Waals surface area contributed by atoms with E-state index in [4.69, 9.17) is 0 Å². The Kier molecular flexibility index (Phi) is 7.30. The first-order chi connectivity index (χ1) is 15.8. The number of hydrogen-bond donors (Lipinski definition) is 1. The maximum Gasteiger partial charge on any atom is 0.433 e. The van der Waals surface area contributed by atoms with Gasteiger partial charge in [-0.3, -0.25) is 19.4 Å². The van der Waals surface area contributed by atoms with Crippen molar-refractivity contribution in [2.45, 2.75) is 57.5 Å². The first kappa shape index (κ1) is 25.6. The molecule has 0 atom stereocenters. The molecule has 2 aromatic rings. The van der Waals surface area contributed by atoms with Crippen LogP contribution in [0.1, 0.15) is 44.9 Å². The van der Waals surface area contributed by atoms with Crippen LogP contribution < -0.4 is 10.2 Å². The average Bonchev–Trinajstić information content (AvgIpc) is 2.75. The number of carbonyl (C=O) groups excluding carboxylic acids is 2. The molecule has 0 unspecified atom stereocenters. The van der Waals surface area contributed by atoms with E-state index in [0.717, 1.165) is 16.5 Å². The summed E-state index contributed by atoms with van der Waals surface area (Å²) in [6, 6.07) is 10.1. The summed E-state index contributed by atoms with van der Waals surface area (Å²) >= 11 is 0. The number of likely N-dealkylation sites (tertiary alicyclic amines) is 1. The van der Waals surface area contributed by atoms with E-state index in [9.17, 15) is 22.8 Å². The number of halogens is 4. The number of nitrogens with one attached hydrogen (secondary N) is 1. The zero-order chi connectivity index (χ0) is 25.1. The number of aromatic nitrogens is 1. The summed E-state index contributed by atoms with van der Waals surface area (Å²) in [4.78, 5) is 30.7. The maximum atomic E-state index is 15.2. The lowest BCUT2D eigenvalue weighted by Gasteiger charge is -2.37. The molecule has 0 aliphatic carbocycles. The zero-order valence-electron chi connectivity index (χ0n) is 19.3. The van der Waals surface area contributed by atoms with Crippen molar-refractivity contribution in [1.82, 2.24) is 15.2 Å². The summed E-state index contributed by atoms with van der Waals surface area (Å²) in [5, 5.41) is 2.70. The number of nitrogens with zero attached hydrogens (tertiary/aromatic N) is 3. The fourth-order valence-electron chi connectivity index (χ4n) is 3.77. The molecule has 0 bridgehead atoms. The molecule has 2 amide bonds. The molecule has 3 rings (SSSR count). The molecular weight excluding hydrogens is 452 g/mol. The van der Waals surface area contributed by atoms with E-state index in [2.05, 4.69) is 10.3 Å². The Bertz CT molecular complexity index is 1030. The molecule has 1 N–H and O–H groups in total. The average molecular weight is 481 g/mol. The minimum atomic E-state index is -4.63. The van der Waals surface area contributed by atoms with E-state index in [1.165, 1.54) is 12.1 Å². The van der Waals surface area contributed by atoms with Gasteiger partial charge in [-0.25, -0.2) is 9.37 Å². The smallest absolute Gasteiger partial charge is 0.349 e. The number of benzene rings is 1. The second-order valence-corrected chi connectivity index (χ2v) is 9.47. The fourth-order valence-corrected chi connectivity index (χ4v) is 3.77. The van der Waals surface area contributed by atoms with Crippen LogP contribution in [0.3, 0.4) is 0 Å². The van der Waals surface area contributed by atoms with Crippen molar-refractivity contribution in [2.75, 3.05) is 18.0 Å². The van der Waals surface area contributed by atoms with Gasteiger partial charge in [0.2, 0.25) is 6.41 Å². The second kappa shape index (κ2) is 9.69. The van der Waals surface area contributed by atoms with Crippen molar-refractivity contribution in [3.63, 3.8) is 0 Å². The SMILES string of the molecule is CC(C)(C)NC(=O)C1(F)CCN(Cc2cccc(N(C=O)c3cccc(C(F)(F)F)n3)c2)CC1. The minimum absolute atomic E-state index is 0.0588. The van der Waals surface area contributed by atoms with Gasteiger partial charge >= 0.3 is 6.18 Å². The Labute approximate surface area is 196 Å². The molecule has 1 aliphatic heterocycles. The van der Waals surface area contributed by atoms with Gasteiger partial charge in [0, 0.05) is 38.0 Å². The van der Waals surface area contributed by atoms with E-state index in [1.54, 1.807) is 39.0 Å². The number of rotatable bonds is 6. The van der Waals surface area contributed by atoms with E-state index in [1.807, 2.05) is 11.0 Å². The number of alkyl halides is 4. The largest absolute Gasteiger partial charge is 0.433 e. The monoisotopic (exact) mass is 480 g/mol. The van der Waals surface area contributed by atoms with Gasteiger partial charge in [0.05, 0.1) is 5.69 Å². The highest BCUT2D eigenvalue weighted by molar-refractivity contribution is 5.86. The number of anilines is 2. The third-order valence-electron chi connectivity index (χ3n) is 5.52. The molecule has 10 heteroatoms. The van der Waals surface area contributed by atoms with Gasteiger partial charge in [0.1, 0.15) is 11.5 Å². The lowest BCUT2D eigenvalue weighted by Crippen LogP contribution is -2.55. The van der Waals surface area contributed by atoms with Crippen molar-refractivity contribution < 1.29 is 27.2 Å². The van der Waals surface area contributed by atoms with Crippen LogP contribution in [-0.2, 0) is 22.3 Å². The number of carbonyl (C=O) groups is 2. The van der Waals surface area contributed by atoms with Crippen LogP contribution in [0.5, 0.6) is 0 Å². The Hall–Kier alpha value is -3.01. The van der Waals surface area contributed by atoms with Gasteiger partial charge < -0.3 is 5.32 Å². The van der Waals surface area contributed by atoms with Crippen molar-refractivity contribution >= 4 is 23.8 Å². The van der Waals surface area contributed by atoms with Gasteiger partial charge in [0.15, 0.2) is 5.67 Å². The maximum absolute atomic E-state index is 15.2. The Balaban J connectivity index is 1.69. The summed E-state index contributed by atoms with van der Waals surface area (Å²) in [5.74, 6) is -0.746. The Morgan fingerprint density at radius 2 is 1.79 bits per heavy atom. The van der Waals surface area contributed by atoms with Gasteiger partial charge in [-0.15, -0.1) is 0 Å². The fraction of sp³-hybridized carbons (Fsp3) is 0.458. The standard InChI is InChI=1S/C24H28F4N4O2/c1-22(2,3)30-21(34)23(25)10-12-31(13-11-23)15-17-6-4-7-18(14-17)32(16-33)20-9-5-8-19(29-20)24(26,27)28/h4-9,14,16H,10-13,15H2,1-3H3,(H,30,34). The third-order valence-corrected chi connectivity index (χ3v) is 5.52. The lowest BCUT2D eigenvalue weighted by atomic mass is 9.91. The minimum Gasteiger partial charge on any atom is -0.349 e. The summed E-state index contributed by atoms with van der Waals surface area (Å²) < 4.78 is 54.2. The lowest BCUT2D eigenvalue weighted by molar-refractivity contribution is -0.141. The molecule has 1 saturated heterocycles. The molecule has 184 valence electrons. The molecule has 0 spiro atoms. The second-order valence-electron chi connectivity index (χ2n) is 9.47. The van der Waals surface area contributed by atoms with Crippen LogP contribution in [0, 0.1) is 0 Å².